The second kappa shape index (κ2) is 9.88. The Bertz CT molecular complexity index is 1470. The molecule has 5 rings (SSSR count). The molecule has 0 saturated carbocycles. The van der Waals surface area contributed by atoms with Gasteiger partial charge in [0.15, 0.2) is 5.82 Å². The van der Waals surface area contributed by atoms with Crippen molar-refractivity contribution in [3.63, 3.8) is 0 Å². The molecule has 1 N–H and O–H groups in total. The Labute approximate surface area is 212 Å². The molecule has 1 aliphatic heterocycles. The van der Waals surface area contributed by atoms with E-state index in [1.165, 1.54) is 29.3 Å². The molecule has 1 aliphatic rings. The highest BCUT2D eigenvalue weighted by Crippen LogP contribution is 2.33. The molecular weight excluding hydrogens is 509 g/mol. The van der Waals surface area contributed by atoms with Crippen molar-refractivity contribution < 1.29 is 17.2 Å². The van der Waals surface area contributed by atoms with E-state index in [2.05, 4.69) is 36.7 Å². The van der Waals surface area contributed by atoms with E-state index in [4.69, 9.17) is 16.0 Å². The maximum Gasteiger partial charge on any atom is 0.265 e. The average Bonchev–Trinajstić information content (AvgIpc) is 3.60. The van der Waals surface area contributed by atoms with Gasteiger partial charge in [0.05, 0.1) is 35.1 Å². The van der Waals surface area contributed by atoms with E-state index in [1.54, 1.807) is 6.20 Å². The first-order chi connectivity index (χ1) is 17.4. The average molecular weight is 532 g/mol. The van der Waals surface area contributed by atoms with Crippen molar-refractivity contribution in [1.82, 2.24) is 24.9 Å². The summed E-state index contributed by atoms with van der Waals surface area (Å²) in [4.78, 5) is 8.92. The van der Waals surface area contributed by atoms with Crippen LogP contribution in [0.4, 0.5) is 15.8 Å². The number of hydrogen-bond acceptors (Lipinski definition) is 8. The van der Waals surface area contributed by atoms with Gasteiger partial charge in [0.1, 0.15) is 22.5 Å². The van der Waals surface area contributed by atoms with Crippen molar-refractivity contribution in [2.45, 2.75) is 11.8 Å². The van der Waals surface area contributed by atoms with Crippen LogP contribution in [-0.2, 0) is 10.0 Å². The number of pyridine rings is 1. The summed E-state index contributed by atoms with van der Waals surface area (Å²) in [5.41, 5.74) is 2.00. The number of hydrogen-bond donors (Lipinski definition) is 1. The summed E-state index contributed by atoms with van der Waals surface area (Å²) < 4.78 is 48.3. The predicted molar refractivity (Wildman–Crippen MR) is 133 cm³/mol. The minimum atomic E-state index is -3.97. The lowest BCUT2D eigenvalue weighted by Crippen LogP contribution is -2.46. The van der Waals surface area contributed by atoms with Crippen LogP contribution in [0.3, 0.4) is 0 Å². The van der Waals surface area contributed by atoms with Crippen molar-refractivity contribution in [2.24, 2.45) is 0 Å². The standard InChI is InChI=1S/C23H23ClFN7O3S/c1-2-30-6-8-31(9-7-30)17-11-16(12-26-13-17)21-14-32(29-27-21)23-19(25)3-4-20(22(23)24)28-36(33,34)18-5-10-35-15-18/h3-5,10-15,28H,2,6-9H2,1H3. The van der Waals surface area contributed by atoms with Gasteiger partial charge in [-0.05, 0) is 30.8 Å². The molecule has 0 amide bonds. The Morgan fingerprint density at radius 1 is 1.17 bits per heavy atom. The van der Waals surface area contributed by atoms with Crippen LogP contribution < -0.4 is 9.62 Å². The number of anilines is 2. The van der Waals surface area contributed by atoms with Crippen LogP contribution in [0.5, 0.6) is 0 Å². The van der Waals surface area contributed by atoms with Gasteiger partial charge in [-0.1, -0.05) is 23.7 Å². The van der Waals surface area contributed by atoms with Gasteiger partial charge in [-0.3, -0.25) is 9.71 Å². The third kappa shape index (κ3) is 4.79. The smallest absolute Gasteiger partial charge is 0.265 e. The van der Waals surface area contributed by atoms with Crippen LogP contribution in [-0.4, -0.2) is 66.0 Å². The van der Waals surface area contributed by atoms with Gasteiger partial charge >= 0.3 is 0 Å². The molecule has 4 aromatic rings. The number of rotatable bonds is 7. The highest BCUT2D eigenvalue weighted by atomic mass is 35.5. The lowest BCUT2D eigenvalue weighted by molar-refractivity contribution is 0.271. The van der Waals surface area contributed by atoms with Crippen molar-refractivity contribution in [2.75, 3.05) is 42.3 Å². The molecule has 0 bridgehead atoms. The van der Waals surface area contributed by atoms with Gasteiger partial charge < -0.3 is 14.2 Å². The number of furan rings is 1. The Balaban J connectivity index is 1.42. The highest BCUT2D eigenvalue weighted by Gasteiger charge is 2.22. The zero-order valence-corrected chi connectivity index (χ0v) is 20.9. The molecule has 4 heterocycles. The number of aromatic nitrogens is 4. The number of sulfonamides is 1. The number of nitrogens with one attached hydrogen (secondary N) is 1. The molecule has 3 aromatic heterocycles. The van der Waals surface area contributed by atoms with Crippen LogP contribution in [0.1, 0.15) is 6.92 Å². The molecule has 1 aromatic carbocycles. The van der Waals surface area contributed by atoms with Crippen LogP contribution >= 0.6 is 11.6 Å². The quantitative estimate of drug-likeness (QED) is 0.385. The van der Waals surface area contributed by atoms with Gasteiger partial charge in [-0.15, -0.1) is 5.10 Å². The summed E-state index contributed by atoms with van der Waals surface area (Å²) in [6.07, 6.45) is 7.30. The molecule has 13 heteroatoms. The second-order valence-corrected chi connectivity index (χ2v) is 10.3. The number of halogens is 2. The molecule has 0 radical (unpaired) electrons. The minimum Gasteiger partial charge on any atom is -0.471 e. The lowest BCUT2D eigenvalue weighted by atomic mass is 10.2. The van der Waals surface area contributed by atoms with Crippen LogP contribution in [0.15, 0.2) is 64.7 Å². The van der Waals surface area contributed by atoms with E-state index in [0.29, 0.717) is 11.3 Å². The Morgan fingerprint density at radius 3 is 2.69 bits per heavy atom. The number of likely N-dealkylation sites (N-methyl/N-ethyl adjacent to an activating group) is 1. The van der Waals surface area contributed by atoms with Crippen LogP contribution in [0.2, 0.25) is 5.02 Å². The fraction of sp³-hybridized carbons (Fsp3) is 0.261. The minimum absolute atomic E-state index is 0.0128. The maximum absolute atomic E-state index is 14.8. The van der Waals surface area contributed by atoms with Crippen molar-refractivity contribution in [3.8, 4) is 16.9 Å². The van der Waals surface area contributed by atoms with Gasteiger partial charge in [0.25, 0.3) is 10.0 Å². The van der Waals surface area contributed by atoms with E-state index in [9.17, 15) is 12.8 Å². The molecule has 1 fully saturated rings. The fourth-order valence-corrected chi connectivity index (χ4v) is 5.34. The van der Waals surface area contributed by atoms with E-state index < -0.39 is 15.8 Å². The lowest BCUT2D eigenvalue weighted by Gasteiger charge is -2.35. The summed E-state index contributed by atoms with van der Waals surface area (Å²) in [7, 11) is -3.97. The third-order valence-corrected chi connectivity index (χ3v) is 7.77. The summed E-state index contributed by atoms with van der Waals surface area (Å²) in [5.74, 6) is -0.691. The molecule has 0 spiro atoms. The summed E-state index contributed by atoms with van der Waals surface area (Å²) >= 11 is 6.42. The first-order valence-corrected chi connectivity index (χ1v) is 13.1. The Kier molecular flexibility index (Phi) is 6.65. The van der Waals surface area contributed by atoms with E-state index in [1.807, 2.05) is 12.3 Å². The van der Waals surface area contributed by atoms with Gasteiger partial charge in [0, 0.05) is 37.9 Å². The van der Waals surface area contributed by atoms with E-state index >= 15 is 0 Å². The van der Waals surface area contributed by atoms with Gasteiger partial charge in [-0.25, -0.2) is 17.5 Å². The van der Waals surface area contributed by atoms with E-state index in [0.717, 1.165) is 50.7 Å². The number of piperazine rings is 1. The molecule has 0 atom stereocenters. The molecule has 36 heavy (non-hydrogen) atoms. The van der Waals surface area contributed by atoms with E-state index in [-0.39, 0.29) is 21.3 Å². The molecule has 0 aliphatic carbocycles. The summed E-state index contributed by atoms with van der Waals surface area (Å²) in [5, 5.41) is 8.04. The van der Waals surface area contributed by atoms with Crippen LogP contribution in [0.25, 0.3) is 16.9 Å². The number of benzene rings is 1. The first-order valence-electron chi connectivity index (χ1n) is 11.2. The van der Waals surface area contributed by atoms with Crippen LogP contribution in [0, 0.1) is 5.82 Å². The molecular formula is C23H23ClFN7O3S. The number of nitrogens with zero attached hydrogens (tertiary/aromatic N) is 6. The highest BCUT2D eigenvalue weighted by molar-refractivity contribution is 7.92. The molecule has 188 valence electrons. The monoisotopic (exact) mass is 531 g/mol. The third-order valence-electron chi connectivity index (χ3n) is 6.04. The van der Waals surface area contributed by atoms with Gasteiger partial charge in [0.2, 0.25) is 0 Å². The zero-order valence-electron chi connectivity index (χ0n) is 19.3. The van der Waals surface area contributed by atoms with Crippen molar-refractivity contribution in [1.29, 1.82) is 0 Å². The SMILES string of the molecule is CCN1CCN(c2cncc(-c3cn(-c4c(F)ccc(NS(=O)(=O)c5ccoc5)c4Cl)nn3)c2)CC1. The molecule has 0 unspecified atom stereocenters. The van der Waals surface area contributed by atoms with Crippen molar-refractivity contribution in [3.05, 3.63) is 66.2 Å². The summed E-state index contributed by atoms with van der Waals surface area (Å²) in [6, 6.07) is 5.60. The second-order valence-electron chi connectivity index (χ2n) is 8.22. The normalized spacial score (nSPS) is 14.8. The maximum atomic E-state index is 14.8. The molecule has 1 saturated heterocycles. The fourth-order valence-electron chi connectivity index (χ4n) is 4.01. The zero-order chi connectivity index (χ0) is 25.3. The largest absolute Gasteiger partial charge is 0.471 e. The molecule has 10 nitrogen and oxygen atoms in total. The van der Waals surface area contributed by atoms with Crippen molar-refractivity contribution >= 4 is 33.0 Å². The Hall–Kier alpha value is -3.48. The van der Waals surface area contributed by atoms with Gasteiger partial charge in [-0.2, -0.15) is 0 Å². The predicted octanol–water partition coefficient (Wildman–Crippen LogP) is 3.66. The topological polar surface area (TPSA) is 109 Å². The summed E-state index contributed by atoms with van der Waals surface area (Å²) in [6.45, 7) is 6.94. The Morgan fingerprint density at radius 2 is 1.97 bits per heavy atom. The first kappa shape index (κ1) is 24.2.